The van der Waals surface area contributed by atoms with Gasteiger partial charge < -0.3 is 24.8 Å². The maximum atomic E-state index is 11.7. The SMILES string of the molecule is O=C(O[C@H]1O[C@@H](CO)[C@H](O)[C@@H]1O)c1ccccc1. The van der Waals surface area contributed by atoms with Gasteiger partial charge in [-0.15, -0.1) is 0 Å². The number of benzene rings is 1. The summed E-state index contributed by atoms with van der Waals surface area (Å²) >= 11 is 0. The Morgan fingerprint density at radius 1 is 1.22 bits per heavy atom. The Kier molecular flexibility index (Phi) is 3.93. The van der Waals surface area contributed by atoms with Gasteiger partial charge in [0.05, 0.1) is 12.2 Å². The molecule has 1 heterocycles. The molecular formula is C12H14O6. The molecule has 0 bridgehead atoms. The van der Waals surface area contributed by atoms with Crippen molar-refractivity contribution in [3.8, 4) is 0 Å². The fraction of sp³-hybridized carbons (Fsp3) is 0.417. The molecule has 0 aliphatic carbocycles. The lowest BCUT2D eigenvalue weighted by atomic mass is 10.1. The summed E-state index contributed by atoms with van der Waals surface area (Å²) in [6.45, 7) is -0.461. The van der Waals surface area contributed by atoms with Gasteiger partial charge in [-0.05, 0) is 12.1 Å². The average Bonchev–Trinajstić information content (AvgIpc) is 2.67. The van der Waals surface area contributed by atoms with Gasteiger partial charge in [-0.25, -0.2) is 4.79 Å². The van der Waals surface area contributed by atoms with Crippen molar-refractivity contribution < 1.29 is 29.6 Å². The maximum Gasteiger partial charge on any atom is 0.340 e. The van der Waals surface area contributed by atoms with Gasteiger partial charge in [0, 0.05) is 0 Å². The first-order valence-corrected chi connectivity index (χ1v) is 5.52. The minimum absolute atomic E-state index is 0.315. The van der Waals surface area contributed by atoms with Crippen molar-refractivity contribution in [3.05, 3.63) is 35.9 Å². The molecule has 6 heteroatoms. The topological polar surface area (TPSA) is 96.2 Å². The summed E-state index contributed by atoms with van der Waals surface area (Å²) in [5, 5.41) is 28.0. The van der Waals surface area contributed by atoms with Gasteiger partial charge in [0.2, 0.25) is 6.29 Å². The Labute approximate surface area is 103 Å². The highest BCUT2D eigenvalue weighted by molar-refractivity contribution is 5.89. The van der Waals surface area contributed by atoms with E-state index >= 15 is 0 Å². The first-order chi connectivity index (χ1) is 8.63. The zero-order chi connectivity index (χ0) is 13.1. The monoisotopic (exact) mass is 254 g/mol. The molecule has 1 aliphatic heterocycles. The molecule has 0 amide bonds. The highest BCUT2D eigenvalue weighted by Crippen LogP contribution is 2.22. The molecule has 0 spiro atoms. The van der Waals surface area contributed by atoms with Gasteiger partial charge >= 0.3 is 5.97 Å². The smallest absolute Gasteiger partial charge is 0.340 e. The van der Waals surface area contributed by atoms with E-state index in [0.717, 1.165) is 0 Å². The van der Waals surface area contributed by atoms with Crippen LogP contribution in [-0.2, 0) is 9.47 Å². The predicted octanol–water partition coefficient (Wildman–Crippen LogP) is -0.718. The van der Waals surface area contributed by atoms with Crippen LogP contribution in [-0.4, -0.2) is 52.5 Å². The van der Waals surface area contributed by atoms with E-state index in [1.54, 1.807) is 30.3 Å². The van der Waals surface area contributed by atoms with E-state index in [2.05, 4.69) is 0 Å². The van der Waals surface area contributed by atoms with Gasteiger partial charge in [-0.3, -0.25) is 0 Å². The number of hydrogen-bond donors (Lipinski definition) is 3. The molecule has 1 aromatic carbocycles. The van der Waals surface area contributed by atoms with Crippen molar-refractivity contribution in [1.29, 1.82) is 0 Å². The molecule has 1 fully saturated rings. The summed E-state index contributed by atoms with van der Waals surface area (Å²) in [6.07, 6.45) is -4.86. The van der Waals surface area contributed by atoms with Crippen molar-refractivity contribution in [1.82, 2.24) is 0 Å². The van der Waals surface area contributed by atoms with Crippen LogP contribution in [0, 0.1) is 0 Å². The van der Waals surface area contributed by atoms with Gasteiger partial charge in [-0.1, -0.05) is 18.2 Å². The third-order valence-corrected chi connectivity index (χ3v) is 2.73. The van der Waals surface area contributed by atoms with Crippen LogP contribution >= 0.6 is 0 Å². The van der Waals surface area contributed by atoms with Crippen LogP contribution < -0.4 is 0 Å². The normalized spacial score (nSPS) is 31.3. The van der Waals surface area contributed by atoms with Gasteiger partial charge in [0.1, 0.15) is 18.3 Å². The van der Waals surface area contributed by atoms with E-state index in [-0.39, 0.29) is 0 Å². The number of carbonyl (C=O) groups is 1. The second-order valence-electron chi connectivity index (χ2n) is 3.98. The van der Waals surface area contributed by atoms with Gasteiger partial charge in [-0.2, -0.15) is 0 Å². The first-order valence-electron chi connectivity index (χ1n) is 5.52. The van der Waals surface area contributed by atoms with Crippen molar-refractivity contribution in [2.75, 3.05) is 6.61 Å². The van der Waals surface area contributed by atoms with Crippen LogP contribution in [0.4, 0.5) is 0 Å². The zero-order valence-electron chi connectivity index (χ0n) is 9.47. The third kappa shape index (κ3) is 2.51. The van der Waals surface area contributed by atoms with Crippen molar-refractivity contribution in [2.24, 2.45) is 0 Å². The Morgan fingerprint density at radius 3 is 2.44 bits per heavy atom. The highest BCUT2D eigenvalue weighted by Gasteiger charge is 2.44. The standard InChI is InChI=1S/C12H14O6/c13-6-8-9(14)10(15)12(17-8)18-11(16)7-4-2-1-3-5-7/h1-5,8-10,12-15H,6H2/t8-,9-,10-,12+/m0/s1. The molecule has 0 unspecified atom stereocenters. The molecule has 18 heavy (non-hydrogen) atoms. The lowest BCUT2D eigenvalue weighted by Crippen LogP contribution is -2.35. The molecule has 3 N–H and O–H groups in total. The second-order valence-corrected chi connectivity index (χ2v) is 3.98. The van der Waals surface area contributed by atoms with Crippen LogP contribution in [0.5, 0.6) is 0 Å². The molecule has 1 aliphatic rings. The maximum absolute atomic E-state index is 11.7. The fourth-order valence-corrected chi connectivity index (χ4v) is 1.71. The van der Waals surface area contributed by atoms with E-state index in [4.69, 9.17) is 14.6 Å². The number of esters is 1. The Bertz CT molecular complexity index is 406. The molecule has 2 rings (SSSR count). The van der Waals surface area contributed by atoms with Crippen LogP contribution in [0.3, 0.4) is 0 Å². The zero-order valence-corrected chi connectivity index (χ0v) is 9.47. The number of rotatable bonds is 3. The van der Waals surface area contributed by atoms with Crippen LogP contribution in [0.2, 0.25) is 0 Å². The van der Waals surface area contributed by atoms with Gasteiger partial charge in [0.15, 0.2) is 0 Å². The summed E-state index contributed by atoms with van der Waals surface area (Å²) in [5.41, 5.74) is 0.315. The van der Waals surface area contributed by atoms with E-state index in [1.165, 1.54) is 0 Å². The minimum atomic E-state index is -1.37. The molecule has 98 valence electrons. The average molecular weight is 254 g/mol. The number of aliphatic hydroxyl groups is 3. The van der Waals surface area contributed by atoms with E-state index in [0.29, 0.717) is 5.56 Å². The summed E-state index contributed by atoms with van der Waals surface area (Å²) in [7, 11) is 0. The molecule has 6 nitrogen and oxygen atoms in total. The van der Waals surface area contributed by atoms with Crippen molar-refractivity contribution >= 4 is 5.97 Å². The minimum Gasteiger partial charge on any atom is -0.429 e. The lowest BCUT2D eigenvalue weighted by molar-refractivity contribution is -0.139. The molecule has 0 saturated carbocycles. The quantitative estimate of drug-likeness (QED) is 0.616. The van der Waals surface area contributed by atoms with E-state index in [9.17, 15) is 15.0 Å². The summed E-state index contributed by atoms with van der Waals surface area (Å²) in [6, 6.07) is 8.22. The van der Waals surface area contributed by atoms with Crippen molar-refractivity contribution in [3.63, 3.8) is 0 Å². The Balaban J connectivity index is 2.00. The summed E-state index contributed by atoms with van der Waals surface area (Å²) < 4.78 is 9.96. The van der Waals surface area contributed by atoms with E-state index in [1.807, 2.05) is 0 Å². The molecule has 0 radical (unpaired) electrons. The van der Waals surface area contributed by atoms with Gasteiger partial charge in [0.25, 0.3) is 0 Å². The van der Waals surface area contributed by atoms with Crippen molar-refractivity contribution in [2.45, 2.75) is 24.6 Å². The number of hydrogen-bond acceptors (Lipinski definition) is 6. The molecule has 4 atom stereocenters. The Hall–Kier alpha value is -1.47. The fourth-order valence-electron chi connectivity index (χ4n) is 1.71. The van der Waals surface area contributed by atoms with Crippen LogP contribution in [0.1, 0.15) is 10.4 Å². The van der Waals surface area contributed by atoms with Crippen LogP contribution in [0.25, 0.3) is 0 Å². The van der Waals surface area contributed by atoms with Crippen LogP contribution in [0.15, 0.2) is 30.3 Å². The van der Waals surface area contributed by atoms with E-state index < -0.39 is 37.2 Å². The number of aliphatic hydroxyl groups excluding tert-OH is 3. The predicted molar refractivity (Wildman–Crippen MR) is 59.6 cm³/mol. The second kappa shape index (κ2) is 5.45. The molecule has 0 aromatic heterocycles. The molecule has 1 aromatic rings. The highest BCUT2D eigenvalue weighted by atomic mass is 16.7. The number of carbonyl (C=O) groups excluding carboxylic acids is 1. The largest absolute Gasteiger partial charge is 0.429 e. The summed E-state index contributed by atoms with van der Waals surface area (Å²) in [5.74, 6) is -0.662. The lowest BCUT2D eigenvalue weighted by Gasteiger charge is -2.15. The number of ether oxygens (including phenoxy) is 2. The summed E-state index contributed by atoms with van der Waals surface area (Å²) in [4.78, 5) is 11.7. The molecular weight excluding hydrogens is 240 g/mol. The Morgan fingerprint density at radius 2 is 1.89 bits per heavy atom. The third-order valence-electron chi connectivity index (χ3n) is 2.73. The first kappa shape index (κ1) is 13.0. The molecule has 1 saturated heterocycles.